The number of hydrogen-bond acceptors (Lipinski definition) is 6. The van der Waals surface area contributed by atoms with Gasteiger partial charge in [-0.2, -0.15) is 0 Å². The lowest BCUT2D eigenvalue weighted by Crippen LogP contribution is -2.00. The number of rotatable bonds is 5. The van der Waals surface area contributed by atoms with E-state index in [1.807, 2.05) is 97.1 Å². The van der Waals surface area contributed by atoms with Crippen molar-refractivity contribution in [2.45, 2.75) is 0 Å². The Morgan fingerprint density at radius 1 is 0.413 bits per heavy atom. The second-order valence-electron chi connectivity index (χ2n) is 11.1. The van der Waals surface area contributed by atoms with E-state index in [9.17, 15) is 0 Å². The van der Waals surface area contributed by atoms with E-state index in [2.05, 4.69) is 48.5 Å². The molecule has 0 bridgehead atoms. The van der Waals surface area contributed by atoms with Crippen LogP contribution in [0.4, 0.5) is 0 Å². The highest BCUT2D eigenvalue weighted by atomic mass is 32.1. The molecule has 5 nitrogen and oxygen atoms in total. The van der Waals surface area contributed by atoms with E-state index in [0.717, 1.165) is 49.9 Å². The molecule has 9 aromatic rings. The number of fused-ring (bicyclic) bond motifs is 4. The largest absolute Gasteiger partial charge is 0.436 e. The van der Waals surface area contributed by atoms with Crippen molar-refractivity contribution in [2.24, 2.45) is 0 Å². The Balaban J connectivity index is 1.26. The Kier molecular flexibility index (Phi) is 6.25. The summed E-state index contributed by atoms with van der Waals surface area (Å²) < 4.78 is 8.64. The van der Waals surface area contributed by atoms with Gasteiger partial charge in [-0.05, 0) is 47.5 Å². The fourth-order valence-electron chi connectivity index (χ4n) is 6.02. The fraction of sp³-hybridized carbons (Fsp3) is 0. The Morgan fingerprint density at radius 3 is 1.59 bits per heavy atom. The van der Waals surface area contributed by atoms with Gasteiger partial charge in [0.2, 0.25) is 5.89 Å². The van der Waals surface area contributed by atoms with Crippen LogP contribution in [-0.4, -0.2) is 19.9 Å². The quantitative estimate of drug-likeness (QED) is 0.194. The maximum absolute atomic E-state index is 6.27. The van der Waals surface area contributed by atoms with Gasteiger partial charge in [0.15, 0.2) is 23.1 Å². The molecule has 6 heteroatoms. The molecule has 0 unspecified atom stereocenters. The highest BCUT2D eigenvalue weighted by molar-refractivity contribution is 7.26. The normalized spacial score (nSPS) is 11.5. The van der Waals surface area contributed by atoms with Crippen LogP contribution < -0.4 is 0 Å². The van der Waals surface area contributed by atoms with Crippen molar-refractivity contribution in [3.8, 4) is 56.7 Å². The second-order valence-corrected chi connectivity index (χ2v) is 12.1. The zero-order chi connectivity index (χ0) is 30.5. The SMILES string of the molecule is c1ccc(-c2nc(-c3ccccc3)nc(-c3cccc4sc5cccc(-c6ccc7nc(-c8ccccc8)oc7c6)c5c34)n2)cc1. The highest BCUT2D eigenvalue weighted by Gasteiger charge is 2.19. The van der Waals surface area contributed by atoms with Gasteiger partial charge in [-0.15, -0.1) is 11.3 Å². The maximum atomic E-state index is 6.27. The number of hydrogen-bond donors (Lipinski definition) is 0. The van der Waals surface area contributed by atoms with Crippen LogP contribution in [0.2, 0.25) is 0 Å². The molecule has 9 rings (SSSR count). The number of benzene rings is 6. The van der Waals surface area contributed by atoms with Crippen molar-refractivity contribution in [3.63, 3.8) is 0 Å². The number of oxazole rings is 1. The summed E-state index contributed by atoms with van der Waals surface area (Å²) in [5.41, 5.74) is 7.59. The van der Waals surface area contributed by atoms with E-state index in [1.54, 1.807) is 11.3 Å². The van der Waals surface area contributed by atoms with Gasteiger partial charge in [0.25, 0.3) is 0 Å². The predicted octanol–water partition coefficient (Wildman–Crippen LogP) is 10.7. The number of thiophene rings is 1. The molecule has 0 saturated carbocycles. The Bertz CT molecular complexity index is 2470. The average molecular weight is 609 g/mol. The molecule has 0 amide bonds. The van der Waals surface area contributed by atoms with Gasteiger partial charge >= 0.3 is 0 Å². The molecule has 0 spiro atoms. The first-order chi connectivity index (χ1) is 22.8. The summed E-state index contributed by atoms with van der Waals surface area (Å²) in [5, 5.41) is 2.30. The number of nitrogens with zero attached hydrogens (tertiary/aromatic N) is 4. The van der Waals surface area contributed by atoms with Crippen molar-refractivity contribution < 1.29 is 4.42 Å². The van der Waals surface area contributed by atoms with Gasteiger partial charge in [-0.1, -0.05) is 109 Å². The van der Waals surface area contributed by atoms with Gasteiger partial charge in [0, 0.05) is 42.4 Å². The topological polar surface area (TPSA) is 64.7 Å². The highest BCUT2D eigenvalue weighted by Crippen LogP contribution is 2.44. The van der Waals surface area contributed by atoms with Crippen molar-refractivity contribution in [1.82, 2.24) is 19.9 Å². The van der Waals surface area contributed by atoms with Gasteiger partial charge in [-0.25, -0.2) is 19.9 Å². The molecule has 3 aromatic heterocycles. The standard InChI is InChI=1S/C40H24N4OS/c1-4-12-25(13-5-1)37-42-38(26-14-6-2-7-15-26)44-39(43-37)30-19-11-21-34-36(30)35-29(18-10-20-33(35)46-34)28-22-23-31-32(24-28)45-40(41-31)27-16-8-3-9-17-27/h1-24H. The first-order valence-electron chi connectivity index (χ1n) is 15.1. The molecule has 216 valence electrons. The Hall–Kier alpha value is -5.98. The molecule has 0 fully saturated rings. The lowest BCUT2D eigenvalue weighted by molar-refractivity contribution is 0.620. The molecule has 0 N–H and O–H groups in total. The molecule has 0 atom stereocenters. The lowest BCUT2D eigenvalue weighted by Gasteiger charge is -2.10. The van der Waals surface area contributed by atoms with Crippen LogP contribution in [0.5, 0.6) is 0 Å². The smallest absolute Gasteiger partial charge is 0.227 e. The molecule has 0 aliphatic rings. The van der Waals surface area contributed by atoms with Crippen LogP contribution in [0.1, 0.15) is 0 Å². The van der Waals surface area contributed by atoms with Crippen LogP contribution in [0, 0.1) is 0 Å². The third-order valence-corrected chi connectivity index (χ3v) is 9.30. The van der Waals surface area contributed by atoms with Gasteiger partial charge in [-0.3, -0.25) is 0 Å². The minimum absolute atomic E-state index is 0.618. The summed E-state index contributed by atoms with van der Waals surface area (Å²) in [6.45, 7) is 0. The summed E-state index contributed by atoms with van der Waals surface area (Å²) in [4.78, 5) is 19.8. The predicted molar refractivity (Wildman–Crippen MR) is 187 cm³/mol. The zero-order valence-electron chi connectivity index (χ0n) is 24.5. The molecular formula is C40H24N4OS. The molecule has 46 heavy (non-hydrogen) atoms. The summed E-state index contributed by atoms with van der Waals surface area (Å²) in [6.07, 6.45) is 0. The minimum Gasteiger partial charge on any atom is -0.436 e. The van der Waals surface area contributed by atoms with E-state index < -0.39 is 0 Å². The molecule has 6 aromatic carbocycles. The second kappa shape index (κ2) is 10.9. The molecule has 0 saturated heterocycles. The van der Waals surface area contributed by atoms with Crippen molar-refractivity contribution in [1.29, 1.82) is 0 Å². The Labute approximate surface area is 268 Å². The minimum atomic E-state index is 0.618. The molecule has 0 aliphatic carbocycles. The van der Waals surface area contributed by atoms with Crippen LogP contribution in [0.25, 0.3) is 88.0 Å². The van der Waals surface area contributed by atoms with Crippen molar-refractivity contribution in [2.75, 3.05) is 0 Å². The monoisotopic (exact) mass is 608 g/mol. The summed E-state index contributed by atoms with van der Waals surface area (Å²) in [6, 6.07) is 49.3. The average Bonchev–Trinajstić information content (AvgIpc) is 3.74. The fourth-order valence-corrected chi connectivity index (χ4v) is 7.18. The van der Waals surface area contributed by atoms with E-state index in [-0.39, 0.29) is 0 Å². The number of aromatic nitrogens is 4. The summed E-state index contributed by atoms with van der Waals surface area (Å²) >= 11 is 1.78. The van der Waals surface area contributed by atoms with Crippen LogP contribution >= 0.6 is 11.3 Å². The van der Waals surface area contributed by atoms with Crippen LogP contribution in [0.3, 0.4) is 0 Å². The summed E-state index contributed by atoms with van der Waals surface area (Å²) in [5.74, 6) is 2.55. The third-order valence-electron chi connectivity index (χ3n) is 8.18. The maximum Gasteiger partial charge on any atom is 0.227 e. The van der Waals surface area contributed by atoms with Crippen LogP contribution in [-0.2, 0) is 0 Å². The Morgan fingerprint density at radius 2 is 0.957 bits per heavy atom. The van der Waals surface area contributed by atoms with Crippen LogP contribution in [0.15, 0.2) is 150 Å². The molecule has 0 aliphatic heterocycles. The third kappa shape index (κ3) is 4.55. The first kappa shape index (κ1) is 26.4. The van der Waals surface area contributed by atoms with E-state index in [1.165, 1.54) is 14.8 Å². The van der Waals surface area contributed by atoms with E-state index >= 15 is 0 Å². The lowest BCUT2D eigenvalue weighted by atomic mass is 9.97. The summed E-state index contributed by atoms with van der Waals surface area (Å²) in [7, 11) is 0. The molecule has 3 heterocycles. The molecule has 0 radical (unpaired) electrons. The van der Waals surface area contributed by atoms with Gasteiger partial charge in [0.05, 0.1) is 0 Å². The van der Waals surface area contributed by atoms with Gasteiger partial charge < -0.3 is 4.42 Å². The van der Waals surface area contributed by atoms with Gasteiger partial charge in [0.1, 0.15) is 5.52 Å². The van der Waals surface area contributed by atoms with E-state index in [4.69, 9.17) is 24.4 Å². The van der Waals surface area contributed by atoms with Crippen molar-refractivity contribution >= 4 is 42.6 Å². The van der Waals surface area contributed by atoms with E-state index in [0.29, 0.717) is 23.4 Å². The molecular weight excluding hydrogens is 585 g/mol. The van der Waals surface area contributed by atoms with Crippen molar-refractivity contribution in [3.05, 3.63) is 146 Å². The first-order valence-corrected chi connectivity index (χ1v) is 15.9. The zero-order valence-corrected chi connectivity index (χ0v) is 25.3.